The summed E-state index contributed by atoms with van der Waals surface area (Å²) in [6, 6.07) is 9.02. The van der Waals surface area contributed by atoms with Crippen molar-refractivity contribution in [1.29, 1.82) is 0 Å². The fourth-order valence-electron chi connectivity index (χ4n) is 3.60. The lowest BCUT2D eigenvalue weighted by Gasteiger charge is -2.16. The van der Waals surface area contributed by atoms with Gasteiger partial charge < -0.3 is 14.2 Å². The molecule has 0 aliphatic heterocycles. The van der Waals surface area contributed by atoms with Gasteiger partial charge in [-0.3, -0.25) is 4.79 Å². The van der Waals surface area contributed by atoms with Gasteiger partial charge in [0, 0.05) is 16.0 Å². The van der Waals surface area contributed by atoms with E-state index in [9.17, 15) is 9.59 Å². The fraction of sp³-hybridized carbons (Fsp3) is 0.333. The van der Waals surface area contributed by atoms with Gasteiger partial charge in [-0.2, -0.15) is 9.78 Å². The second kappa shape index (κ2) is 12.5. The quantitative estimate of drug-likeness (QED) is 0.182. The number of hydrogen-bond acceptors (Lipinski definition) is 7. The number of carbonyl (C=O) groups excluding carboxylic acids is 1. The highest BCUT2D eigenvalue weighted by Gasteiger charge is 2.16. The van der Waals surface area contributed by atoms with Gasteiger partial charge in [-0.05, 0) is 56.2 Å². The number of esters is 1. The number of allylic oxidation sites excluding steroid dienone is 1. The van der Waals surface area contributed by atoms with Crippen molar-refractivity contribution in [2.45, 2.75) is 40.0 Å². The molecule has 0 atom stereocenters. The molecule has 3 aromatic rings. The lowest BCUT2D eigenvalue weighted by atomic mass is 10.1. The number of ether oxygens (including phenoxy) is 3. The Hall–Kier alpha value is -3.46. The van der Waals surface area contributed by atoms with Crippen molar-refractivity contribution in [3.63, 3.8) is 0 Å². The average Bonchev–Trinajstić information content (AvgIpc) is 2.83. The number of benzene rings is 2. The summed E-state index contributed by atoms with van der Waals surface area (Å²) in [6.45, 7) is 11.8. The maximum Gasteiger partial charge on any atom is 0.344 e. The molecule has 1 aromatic heterocycles. The SMILES string of the molecule is C=CCc1cc(C=Nn2c(C(C)C)nc3ccc(Br)cc3c2=O)cc(OCC)c1OCC(=O)OCC. The van der Waals surface area contributed by atoms with E-state index >= 15 is 0 Å². The van der Waals surface area contributed by atoms with Gasteiger partial charge in [0.2, 0.25) is 0 Å². The number of hydrogen-bond donors (Lipinski definition) is 0. The van der Waals surface area contributed by atoms with Gasteiger partial charge >= 0.3 is 5.97 Å². The van der Waals surface area contributed by atoms with Crippen LogP contribution in [0.25, 0.3) is 10.9 Å². The minimum absolute atomic E-state index is 0.0307. The summed E-state index contributed by atoms with van der Waals surface area (Å²) in [5.41, 5.74) is 1.81. The Morgan fingerprint density at radius 3 is 2.64 bits per heavy atom. The summed E-state index contributed by atoms with van der Waals surface area (Å²) >= 11 is 3.42. The van der Waals surface area contributed by atoms with Crippen molar-refractivity contribution in [2.75, 3.05) is 19.8 Å². The number of halogens is 1. The van der Waals surface area contributed by atoms with Crippen LogP contribution in [0.1, 0.15) is 50.6 Å². The summed E-state index contributed by atoms with van der Waals surface area (Å²) in [4.78, 5) is 29.8. The predicted octanol–water partition coefficient (Wildman–Crippen LogP) is 5.23. The van der Waals surface area contributed by atoms with Crippen LogP contribution in [0.5, 0.6) is 11.5 Å². The summed E-state index contributed by atoms with van der Waals surface area (Å²) in [7, 11) is 0. The summed E-state index contributed by atoms with van der Waals surface area (Å²) < 4.78 is 18.7. The van der Waals surface area contributed by atoms with E-state index in [4.69, 9.17) is 14.2 Å². The van der Waals surface area contributed by atoms with Crippen LogP contribution in [-0.4, -0.2) is 41.7 Å². The van der Waals surface area contributed by atoms with Crippen LogP contribution < -0.4 is 15.0 Å². The molecule has 0 saturated heterocycles. The highest BCUT2D eigenvalue weighted by Crippen LogP contribution is 2.33. The molecule has 2 aromatic carbocycles. The van der Waals surface area contributed by atoms with Crippen molar-refractivity contribution in [2.24, 2.45) is 5.10 Å². The van der Waals surface area contributed by atoms with Gasteiger partial charge in [-0.25, -0.2) is 9.78 Å². The van der Waals surface area contributed by atoms with Crippen molar-refractivity contribution >= 4 is 39.0 Å². The van der Waals surface area contributed by atoms with Crippen molar-refractivity contribution in [3.05, 3.63) is 74.8 Å². The number of fused-ring (bicyclic) bond motifs is 1. The first-order valence-corrected chi connectivity index (χ1v) is 12.5. The molecule has 0 N–H and O–H groups in total. The Morgan fingerprint density at radius 1 is 1.19 bits per heavy atom. The molecular weight excluding hydrogens is 526 g/mol. The van der Waals surface area contributed by atoms with Crippen LogP contribution >= 0.6 is 15.9 Å². The lowest BCUT2D eigenvalue weighted by Crippen LogP contribution is -2.23. The van der Waals surface area contributed by atoms with E-state index in [-0.39, 0.29) is 24.7 Å². The van der Waals surface area contributed by atoms with E-state index in [2.05, 4.69) is 32.6 Å². The number of carbonyl (C=O) groups is 1. The minimum Gasteiger partial charge on any atom is -0.490 e. The summed E-state index contributed by atoms with van der Waals surface area (Å²) in [5, 5.41) is 4.98. The molecule has 1 heterocycles. The summed E-state index contributed by atoms with van der Waals surface area (Å²) in [6.07, 6.45) is 3.79. The van der Waals surface area contributed by atoms with Crippen molar-refractivity contribution in [1.82, 2.24) is 9.66 Å². The minimum atomic E-state index is -0.467. The molecule has 36 heavy (non-hydrogen) atoms. The Labute approximate surface area is 218 Å². The van der Waals surface area contributed by atoms with Crippen LogP contribution in [0.2, 0.25) is 0 Å². The first-order chi connectivity index (χ1) is 17.3. The van der Waals surface area contributed by atoms with Crippen molar-refractivity contribution in [3.8, 4) is 11.5 Å². The Morgan fingerprint density at radius 2 is 1.97 bits per heavy atom. The molecule has 0 fully saturated rings. The molecule has 0 aliphatic carbocycles. The van der Waals surface area contributed by atoms with Crippen LogP contribution in [0.15, 0.2) is 57.4 Å². The molecule has 9 heteroatoms. The lowest BCUT2D eigenvalue weighted by molar-refractivity contribution is -0.145. The van der Waals surface area contributed by atoms with Crippen LogP contribution in [0, 0.1) is 0 Å². The second-order valence-corrected chi connectivity index (χ2v) is 9.09. The topological polar surface area (TPSA) is 92.0 Å². The zero-order valence-corrected chi connectivity index (χ0v) is 22.5. The molecule has 8 nitrogen and oxygen atoms in total. The number of rotatable bonds is 11. The molecule has 0 saturated carbocycles. The number of aromatic nitrogens is 2. The van der Waals surface area contributed by atoms with E-state index in [1.807, 2.05) is 39.0 Å². The molecule has 0 aliphatic rings. The molecule has 190 valence electrons. The molecule has 0 amide bonds. The molecule has 0 spiro atoms. The Balaban J connectivity index is 2.08. The van der Waals surface area contributed by atoms with Crippen LogP contribution in [-0.2, 0) is 16.0 Å². The van der Waals surface area contributed by atoms with Gasteiger partial charge in [0.05, 0.1) is 30.3 Å². The van der Waals surface area contributed by atoms with Crippen molar-refractivity contribution < 1.29 is 19.0 Å². The third-order valence-electron chi connectivity index (χ3n) is 5.13. The van der Waals surface area contributed by atoms with Gasteiger partial charge in [0.15, 0.2) is 18.1 Å². The monoisotopic (exact) mass is 555 g/mol. The Kier molecular flexibility index (Phi) is 9.41. The molecule has 0 bridgehead atoms. The van der Waals surface area contributed by atoms with E-state index < -0.39 is 5.97 Å². The van der Waals surface area contributed by atoms with Gasteiger partial charge in [-0.15, -0.1) is 6.58 Å². The largest absolute Gasteiger partial charge is 0.490 e. The van der Waals surface area contributed by atoms with Gasteiger partial charge in [-0.1, -0.05) is 35.9 Å². The maximum atomic E-state index is 13.3. The molecular formula is C27H30BrN3O5. The average molecular weight is 556 g/mol. The van der Waals surface area contributed by atoms with E-state index in [1.54, 1.807) is 31.3 Å². The van der Waals surface area contributed by atoms with Crippen LogP contribution in [0.4, 0.5) is 0 Å². The highest BCUT2D eigenvalue weighted by atomic mass is 79.9. The third-order valence-corrected chi connectivity index (χ3v) is 5.62. The van der Waals surface area contributed by atoms with Gasteiger partial charge in [0.1, 0.15) is 5.82 Å². The van der Waals surface area contributed by atoms with E-state index in [0.29, 0.717) is 46.8 Å². The van der Waals surface area contributed by atoms with E-state index in [1.165, 1.54) is 4.68 Å². The van der Waals surface area contributed by atoms with Gasteiger partial charge in [0.25, 0.3) is 5.56 Å². The summed E-state index contributed by atoms with van der Waals surface area (Å²) in [5.74, 6) is 0.957. The molecule has 3 rings (SSSR count). The first-order valence-electron chi connectivity index (χ1n) is 11.7. The first kappa shape index (κ1) is 27.1. The molecule has 0 unspecified atom stereocenters. The smallest absolute Gasteiger partial charge is 0.344 e. The highest BCUT2D eigenvalue weighted by molar-refractivity contribution is 9.10. The zero-order chi connectivity index (χ0) is 26.2. The standard InChI is InChI=1S/C27H30BrN3O5/c1-6-9-19-12-18(13-23(34-7-2)25(19)36-16-24(32)35-8-3)15-29-31-26(17(4)5)30-22-11-10-20(28)14-21(22)27(31)33/h6,10-15,17H,1,7-9,16H2,2-5H3. The molecule has 0 radical (unpaired) electrons. The maximum absolute atomic E-state index is 13.3. The van der Waals surface area contributed by atoms with Crippen LogP contribution in [0.3, 0.4) is 0 Å². The Bertz CT molecular complexity index is 1350. The fourth-order valence-corrected chi connectivity index (χ4v) is 3.96. The second-order valence-electron chi connectivity index (χ2n) is 8.17. The van der Waals surface area contributed by atoms with E-state index in [0.717, 1.165) is 10.0 Å². The zero-order valence-electron chi connectivity index (χ0n) is 20.9. The predicted molar refractivity (Wildman–Crippen MR) is 144 cm³/mol. The third kappa shape index (κ3) is 6.40. The normalized spacial score (nSPS) is 11.3. The number of nitrogens with zero attached hydrogens (tertiary/aromatic N) is 3.